The minimum Gasteiger partial charge on any atom is -0.312 e. The van der Waals surface area contributed by atoms with Crippen molar-refractivity contribution in [1.29, 1.82) is 0 Å². The van der Waals surface area contributed by atoms with Crippen molar-refractivity contribution in [1.82, 2.24) is 5.32 Å². The molecule has 0 saturated carbocycles. The Labute approximate surface area is 112 Å². The predicted octanol–water partition coefficient (Wildman–Crippen LogP) is 1.48. The van der Waals surface area contributed by atoms with Crippen LogP contribution in [0.15, 0.2) is 29.2 Å². The summed E-state index contributed by atoms with van der Waals surface area (Å²) >= 11 is 1.91. The van der Waals surface area contributed by atoms with Crippen molar-refractivity contribution < 1.29 is 8.42 Å². The van der Waals surface area contributed by atoms with Crippen molar-refractivity contribution in [3.63, 3.8) is 0 Å². The van der Waals surface area contributed by atoms with E-state index in [0.29, 0.717) is 16.8 Å². The number of sulfone groups is 1. The Balaban J connectivity index is 1.52. The molecule has 0 spiro atoms. The highest BCUT2D eigenvalue weighted by Crippen LogP contribution is 2.36. The third-order valence-electron chi connectivity index (χ3n) is 3.58. The summed E-state index contributed by atoms with van der Waals surface area (Å²) in [7, 11) is -2.76. The van der Waals surface area contributed by atoms with Crippen LogP contribution in [0.25, 0.3) is 0 Å². The summed E-state index contributed by atoms with van der Waals surface area (Å²) < 4.78 is 22.7. The van der Waals surface area contributed by atoms with Gasteiger partial charge in [-0.25, -0.2) is 8.42 Å². The normalized spacial score (nSPS) is 29.3. The van der Waals surface area contributed by atoms with Crippen molar-refractivity contribution in [2.45, 2.75) is 29.0 Å². The van der Waals surface area contributed by atoms with Crippen molar-refractivity contribution >= 4 is 21.6 Å². The zero-order chi connectivity index (χ0) is 12.6. The van der Waals surface area contributed by atoms with E-state index in [0.717, 1.165) is 19.4 Å². The third kappa shape index (κ3) is 2.73. The van der Waals surface area contributed by atoms with Crippen LogP contribution in [0.2, 0.25) is 0 Å². The van der Waals surface area contributed by atoms with Crippen LogP contribution in [-0.2, 0) is 16.3 Å². The van der Waals surface area contributed by atoms with Gasteiger partial charge in [-0.3, -0.25) is 0 Å². The maximum atomic E-state index is 11.4. The van der Waals surface area contributed by atoms with E-state index in [4.69, 9.17) is 0 Å². The smallest absolute Gasteiger partial charge is 0.151 e. The van der Waals surface area contributed by atoms with E-state index in [2.05, 4.69) is 29.6 Å². The zero-order valence-electron chi connectivity index (χ0n) is 10.1. The maximum absolute atomic E-state index is 11.4. The summed E-state index contributed by atoms with van der Waals surface area (Å²) in [4.78, 5) is 1.38. The lowest BCUT2D eigenvalue weighted by molar-refractivity contribution is 0.549. The van der Waals surface area contributed by atoms with Gasteiger partial charge >= 0.3 is 0 Å². The van der Waals surface area contributed by atoms with Gasteiger partial charge in [0.05, 0.1) is 11.5 Å². The Kier molecular flexibility index (Phi) is 3.38. The zero-order valence-corrected chi connectivity index (χ0v) is 11.8. The maximum Gasteiger partial charge on any atom is 0.151 e. The van der Waals surface area contributed by atoms with Gasteiger partial charge in [-0.2, -0.15) is 0 Å². The highest BCUT2D eigenvalue weighted by atomic mass is 32.2. The molecule has 2 aliphatic rings. The summed E-state index contributed by atoms with van der Waals surface area (Å²) in [6.07, 6.45) is 1.86. The van der Waals surface area contributed by atoms with Gasteiger partial charge < -0.3 is 5.32 Å². The number of hydrogen-bond acceptors (Lipinski definition) is 4. The van der Waals surface area contributed by atoms with E-state index in [9.17, 15) is 8.42 Å². The van der Waals surface area contributed by atoms with Crippen molar-refractivity contribution in [3.8, 4) is 0 Å². The number of rotatable bonds is 3. The molecule has 98 valence electrons. The SMILES string of the molecule is O=S1(=O)CCC(NCC2Cc3ccccc3S2)C1. The lowest BCUT2D eigenvalue weighted by Gasteiger charge is -2.14. The monoisotopic (exact) mass is 283 g/mol. The number of benzene rings is 1. The molecular formula is C13H17NO2S2. The summed E-state index contributed by atoms with van der Waals surface area (Å²) in [6.45, 7) is 0.902. The molecule has 1 fully saturated rings. The molecule has 1 N–H and O–H groups in total. The van der Waals surface area contributed by atoms with Gasteiger partial charge in [0.1, 0.15) is 0 Å². The molecule has 18 heavy (non-hydrogen) atoms. The third-order valence-corrected chi connectivity index (χ3v) is 6.67. The van der Waals surface area contributed by atoms with Gasteiger partial charge in [0.25, 0.3) is 0 Å². The van der Waals surface area contributed by atoms with E-state index in [1.807, 2.05) is 11.8 Å². The van der Waals surface area contributed by atoms with Crippen LogP contribution in [0, 0.1) is 0 Å². The number of hydrogen-bond donors (Lipinski definition) is 1. The van der Waals surface area contributed by atoms with Crippen LogP contribution in [0.4, 0.5) is 0 Å². The molecule has 3 rings (SSSR count). The number of thioether (sulfide) groups is 1. The molecule has 5 heteroatoms. The fourth-order valence-corrected chi connectivity index (χ4v) is 5.59. The number of fused-ring (bicyclic) bond motifs is 1. The molecule has 2 unspecified atom stereocenters. The quantitative estimate of drug-likeness (QED) is 0.913. The second kappa shape index (κ2) is 4.87. The Bertz CT molecular complexity index is 517. The van der Waals surface area contributed by atoms with Gasteiger partial charge in [-0.05, 0) is 24.5 Å². The molecular weight excluding hydrogens is 266 g/mol. The summed E-state index contributed by atoms with van der Waals surface area (Å²) in [6, 6.07) is 8.67. The second-order valence-electron chi connectivity index (χ2n) is 5.06. The molecule has 0 aromatic heterocycles. The first kappa shape index (κ1) is 12.5. The van der Waals surface area contributed by atoms with Crippen LogP contribution < -0.4 is 5.32 Å². The van der Waals surface area contributed by atoms with E-state index in [1.54, 1.807) is 0 Å². The van der Waals surface area contributed by atoms with Gasteiger partial charge in [0.2, 0.25) is 0 Å². The summed E-state index contributed by atoms with van der Waals surface area (Å²) in [5.74, 6) is 0.667. The summed E-state index contributed by atoms with van der Waals surface area (Å²) in [5, 5.41) is 3.96. The van der Waals surface area contributed by atoms with Crippen molar-refractivity contribution in [2.24, 2.45) is 0 Å². The highest BCUT2D eigenvalue weighted by Gasteiger charge is 2.29. The first-order valence-corrected chi connectivity index (χ1v) is 9.01. The molecule has 1 saturated heterocycles. The molecule has 0 aliphatic carbocycles. The van der Waals surface area contributed by atoms with Gasteiger partial charge in [0.15, 0.2) is 9.84 Å². The molecule has 0 amide bonds. The largest absolute Gasteiger partial charge is 0.312 e. The second-order valence-corrected chi connectivity index (χ2v) is 8.63. The van der Waals surface area contributed by atoms with E-state index in [1.165, 1.54) is 10.5 Å². The molecule has 2 aliphatic heterocycles. The van der Waals surface area contributed by atoms with Crippen molar-refractivity contribution in [2.75, 3.05) is 18.1 Å². The first-order chi connectivity index (χ1) is 8.62. The van der Waals surface area contributed by atoms with Crippen LogP contribution >= 0.6 is 11.8 Å². The topological polar surface area (TPSA) is 46.2 Å². The van der Waals surface area contributed by atoms with Gasteiger partial charge in [-0.15, -0.1) is 11.8 Å². The number of nitrogens with one attached hydrogen (secondary N) is 1. The molecule has 0 radical (unpaired) electrons. The first-order valence-electron chi connectivity index (χ1n) is 6.31. The fraction of sp³-hybridized carbons (Fsp3) is 0.538. The highest BCUT2D eigenvalue weighted by molar-refractivity contribution is 8.00. The van der Waals surface area contributed by atoms with Crippen LogP contribution in [0.3, 0.4) is 0 Å². The Hall–Kier alpha value is -0.520. The lowest BCUT2D eigenvalue weighted by Crippen LogP contribution is -2.35. The average molecular weight is 283 g/mol. The van der Waals surface area contributed by atoms with Crippen LogP contribution in [0.5, 0.6) is 0 Å². The lowest BCUT2D eigenvalue weighted by atomic mass is 10.1. The molecule has 1 aromatic carbocycles. The van der Waals surface area contributed by atoms with E-state index >= 15 is 0 Å². The average Bonchev–Trinajstić information content (AvgIpc) is 2.89. The molecule has 1 aromatic rings. The minimum atomic E-state index is -2.76. The molecule has 2 heterocycles. The molecule has 2 atom stereocenters. The Morgan fingerprint density at radius 2 is 2.17 bits per heavy atom. The predicted molar refractivity (Wildman–Crippen MR) is 74.9 cm³/mol. The fourth-order valence-electron chi connectivity index (χ4n) is 2.62. The van der Waals surface area contributed by atoms with Gasteiger partial charge in [-0.1, -0.05) is 18.2 Å². The molecule has 3 nitrogen and oxygen atoms in total. The van der Waals surface area contributed by atoms with E-state index in [-0.39, 0.29) is 6.04 Å². The molecule has 0 bridgehead atoms. The standard InChI is InChI=1S/C13H17NO2S2/c15-18(16)6-5-11(9-18)14-8-12-7-10-3-1-2-4-13(10)17-12/h1-4,11-12,14H,5-9H2. The van der Waals surface area contributed by atoms with Crippen molar-refractivity contribution in [3.05, 3.63) is 29.8 Å². The Morgan fingerprint density at radius 3 is 2.89 bits per heavy atom. The summed E-state index contributed by atoms with van der Waals surface area (Å²) in [5.41, 5.74) is 1.42. The van der Waals surface area contributed by atoms with Crippen LogP contribution in [-0.4, -0.2) is 37.8 Å². The Morgan fingerprint density at radius 1 is 1.33 bits per heavy atom. The van der Waals surface area contributed by atoms with Gasteiger partial charge in [0, 0.05) is 22.7 Å². The minimum absolute atomic E-state index is 0.166. The van der Waals surface area contributed by atoms with E-state index < -0.39 is 9.84 Å². The van der Waals surface area contributed by atoms with Crippen LogP contribution in [0.1, 0.15) is 12.0 Å².